The quantitative estimate of drug-likeness (QED) is 0.869. The number of benzene rings is 1. The Kier molecular flexibility index (Phi) is 3.33. The maximum absolute atomic E-state index is 11.9. The maximum atomic E-state index is 11.9. The van der Waals surface area contributed by atoms with Crippen LogP contribution in [0.5, 0.6) is 0 Å². The van der Waals surface area contributed by atoms with Gasteiger partial charge in [0, 0.05) is 12.1 Å². The molecule has 1 unspecified atom stereocenters. The second-order valence-electron chi connectivity index (χ2n) is 4.88. The summed E-state index contributed by atoms with van der Waals surface area (Å²) < 4.78 is 0. The van der Waals surface area contributed by atoms with Crippen LogP contribution in [0.25, 0.3) is 11.3 Å². The van der Waals surface area contributed by atoms with Crippen molar-refractivity contribution in [1.29, 1.82) is 0 Å². The molecule has 1 saturated heterocycles. The monoisotopic (exact) mass is 268 g/mol. The first kappa shape index (κ1) is 12.6. The molecule has 5 heteroatoms. The normalized spacial score (nSPS) is 18.6. The van der Waals surface area contributed by atoms with Gasteiger partial charge in [0.25, 0.3) is 0 Å². The summed E-state index contributed by atoms with van der Waals surface area (Å²) in [7, 11) is 0. The Morgan fingerprint density at radius 2 is 2.05 bits per heavy atom. The SMILES string of the molecule is Nc1cnc(C2CCCNC2=O)nc1-c1ccccc1. The van der Waals surface area contributed by atoms with Crippen molar-refractivity contribution >= 4 is 11.6 Å². The van der Waals surface area contributed by atoms with Gasteiger partial charge in [0.05, 0.1) is 23.5 Å². The summed E-state index contributed by atoms with van der Waals surface area (Å²) in [6, 6.07) is 9.71. The maximum Gasteiger partial charge on any atom is 0.230 e. The molecule has 1 aliphatic rings. The number of carbonyl (C=O) groups is 1. The van der Waals surface area contributed by atoms with Crippen molar-refractivity contribution in [2.45, 2.75) is 18.8 Å². The van der Waals surface area contributed by atoms with E-state index in [-0.39, 0.29) is 11.8 Å². The highest BCUT2D eigenvalue weighted by Crippen LogP contribution is 2.27. The number of nitrogens with two attached hydrogens (primary N) is 1. The van der Waals surface area contributed by atoms with E-state index < -0.39 is 0 Å². The molecule has 5 nitrogen and oxygen atoms in total. The number of nitrogens with one attached hydrogen (secondary N) is 1. The minimum Gasteiger partial charge on any atom is -0.396 e. The fourth-order valence-corrected chi connectivity index (χ4v) is 2.42. The summed E-state index contributed by atoms with van der Waals surface area (Å²) in [5, 5.41) is 2.85. The van der Waals surface area contributed by atoms with Crippen LogP contribution >= 0.6 is 0 Å². The van der Waals surface area contributed by atoms with Gasteiger partial charge in [-0.25, -0.2) is 9.97 Å². The summed E-state index contributed by atoms with van der Waals surface area (Å²) in [4.78, 5) is 20.7. The molecule has 0 radical (unpaired) electrons. The number of hydrogen-bond acceptors (Lipinski definition) is 4. The van der Waals surface area contributed by atoms with Gasteiger partial charge >= 0.3 is 0 Å². The zero-order valence-corrected chi connectivity index (χ0v) is 11.0. The van der Waals surface area contributed by atoms with Crippen molar-refractivity contribution in [2.75, 3.05) is 12.3 Å². The Hall–Kier alpha value is -2.43. The molecule has 102 valence electrons. The van der Waals surface area contributed by atoms with Gasteiger partial charge in [0.2, 0.25) is 5.91 Å². The Labute approximate surface area is 117 Å². The lowest BCUT2D eigenvalue weighted by Crippen LogP contribution is -2.35. The van der Waals surface area contributed by atoms with E-state index in [1.54, 1.807) is 6.20 Å². The number of aromatic nitrogens is 2. The van der Waals surface area contributed by atoms with Crippen molar-refractivity contribution in [3.63, 3.8) is 0 Å². The van der Waals surface area contributed by atoms with Crippen LogP contribution in [0.1, 0.15) is 24.6 Å². The Balaban J connectivity index is 2.00. The number of carbonyl (C=O) groups excluding carboxylic acids is 1. The van der Waals surface area contributed by atoms with Crippen LogP contribution in [0.15, 0.2) is 36.5 Å². The summed E-state index contributed by atoms with van der Waals surface area (Å²) in [6.07, 6.45) is 3.32. The molecule has 0 spiro atoms. The van der Waals surface area contributed by atoms with Gasteiger partial charge in [-0.2, -0.15) is 0 Å². The van der Waals surface area contributed by atoms with E-state index >= 15 is 0 Å². The highest BCUT2D eigenvalue weighted by molar-refractivity contribution is 5.83. The van der Waals surface area contributed by atoms with Gasteiger partial charge < -0.3 is 11.1 Å². The Bertz CT molecular complexity index is 627. The van der Waals surface area contributed by atoms with E-state index in [1.807, 2.05) is 30.3 Å². The lowest BCUT2D eigenvalue weighted by molar-refractivity contribution is -0.124. The lowest BCUT2D eigenvalue weighted by atomic mass is 9.97. The van der Waals surface area contributed by atoms with Gasteiger partial charge in [-0.1, -0.05) is 30.3 Å². The standard InChI is InChI=1S/C15H16N4O/c16-12-9-18-14(11-7-4-8-17-15(11)20)19-13(12)10-5-2-1-3-6-10/h1-3,5-6,9,11H,4,7-8,16H2,(H,17,20). The van der Waals surface area contributed by atoms with E-state index in [0.29, 0.717) is 17.2 Å². The second kappa shape index (κ2) is 5.28. The smallest absolute Gasteiger partial charge is 0.230 e. The van der Waals surface area contributed by atoms with E-state index in [9.17, 15) is 4.79 Å². The number of rotatable bonds is 2. The number of hydrogen-bond donors (Lipinski definition) is 2. The largest absolute Gasteiger partial charge is 0.396 e. The Morgan fingerprint density at radius 3 is 2.80 bits per heavy atom. The molecular weight excluding hydrogens is 252 g/mol. The molecule has 1 amide bonds. The third-order valence-electron chi connectivity index (χ3n) is 3.48. The molecule has 1 aromatic carbocycles. The highest BCUT2D eigenvalue weighted by Gasteiger charge is 2.26. The van der Waals surface area contributed by atoms with Crippen molar-refractivity contribution in [1.82, 2.24) is 15.3 Å². The van der Waals surface area contributed by atoms with Crippen molar-refractivity contribution < 1.29 is 4.79 Å². The molecule has 1 fully saturated rings. The van der Waals surface area contributed by atoms with Crippen LogP contribution in [0.3, 0.4) is 0 Å². The molecule has 0 bridgehead atoms. The molecular formula is C15H16N4O. The van der Waals surface area contributed by atoms with Crippen LogP contribution in [0.2, 0.25) is 0 Å². The molecule has 1 aromatic heterocycles. The van der Waals surface area contributed by atoms with Crippen molar-refractivity contribution in [3.8, 4) is 11.3 Å². The third kappa shape index (κ3) is 2.34. The highest BCUT2D eigenvalue weighted by atomic mass is 16.1. The number of piperidine rings is 1. The molecule has 2 aromatic rings. The topological polar surface area (TPSA) is 80.9 Å². The molecule has 3 N–H and O–H groups in total. The number of nitrogens with zero attached hydrogens (tertiary/aromatic N) is 2. The van der Waals surface area contributed by atoms with E-state index in [1.165, 1.54) is 0 Å². The summed E-state index contributed by atoms with van der Waals surface area (Å²) in [5.74, 6) is 0.280. The van der Waals surface area contributed by atoms with Crippen molar-refractivity contribution in [2.24, 2.45) is 0 Å². The van der Waals surface area contributed by atoms with Gasteiger partial charge in [-0.15, -0.1) is 0 Å². The molecule has 3 rings (SSSR count). The summed E-state index contributed by atoms with van der Waals surface area (Å²) in [6.45, 7) is 0.732. The van der Waals surface area contributed by atoms with Crippen LogP contribution in [-0.4, -0.2) is 22.4 Å². The molecule has 20 heavy (non-hydrogen) atoms. The Morgan fingerprint density at radius 1 is 1.25 bits per heavy atom. The van der Waals surface area contributed by atoms with Crippen LogP contribution in [0, 0.1) is 0 Å². The van der Waals surface area contributed by atoms with E-state index in [2.05, 4.69) is 15.3 Å². The number of amides is 1. The van der Waals surface area contributed by atoms with Crippen LogP contribution in [-0.2, 0) is 4.79 Å². The number of nitrogen functional groups attached to an aromatic ring is 1. The average Bonchev–Trinajstić information content (AvgIpc) is 2.49. The molecule has 0 saturated carbocycles. The zero-order chi connectivity index (χ0) is 13.9. The van der Waals surface area contributed by atoms with Crippen LogP contribution in [0.4, 0.5) is 5.69 Å². The first-order valence-corrected chi connectivity index (χ1v) is 6.71. The van der Waals surface area contributed by atoms with E-state index in [4.69, 9.17) is 5.73 Å². The van der Waals surface area contributed by atoms with Gasteiger partial charge in [0.15, 0.2) is 0 Å². The minimum atomic E-state index is -0.271. The summed E-state index contributed by atoms with van der Waals surface area (Å²) >= 11 is 0. The number of anilines is 1. The third-order valence-corrected chi connectivity index (χ3v) is 3.48. The predicted octanol–water partition coefficient (Wildman–Crippen LogP) is 1.72. The molecule has 1 aliphatic heterocycles. The van der Waals surface area contributed by atoms with Gasteiger partial charge in [-0.3, -0.25) is 4.79 Å². The fraction of sp³-hybridized carbons (Fsp3) is 0.267. The second-order valence-corrected chi connectivity index (χ2v) is 4.88. The van der Waals surface area contributed by atoms with Crippen LogP contribution < -0.4 is 11.1 Å². The summed E-state index contributed by atoms with van der Waals surface area (Å²) in [5.41, 5.74) is 8.11. The fourth-order valence-electron chi connectivity index (χ4n) is 2.42. The first-order chi connectivity index (χ1) is 9.75. The van der Waals surface area contributed by atoms with Gasteiger partial charge in [0.1, 0.15) is 5.82 Å². The zero-order valence-electron chi connectivity index (χ0n) is 11.0. The van der Waals surface area contributed by atoms with Gasteiger partial charge in [-0.05, 0) is 12.8 Å². The average molecular weight is 268 g/mol. The first-order valence-electron chi connectivity index (χ1n) is 6.71. The lowest BCUT2D eigenvalue weighted by Gasteiger charge is -2.21. The minimum absolute atomic E-state index is 0.0000307. The van der Waals surface area contributed by atoms with E-state index in [0.717, 1.165) is 24.9 Å². The predicted molar refractivity (Wildman–Crippen MR) is 76.9 cm³/mol. The molecule has 1 atom stereocenters. The van der Waals surface area contributed by atoms with Crippen molar-refractivity contribution in [3.05, 3.63) is 42.4 Å². The molecule has 2 heterocycles. The molecule has 0 aliphatic carbocycles.